The number of allylic oxidation sites excluding steroid dienone is 1. The van der Waals surface area contributed by atoms with Gasteiger partial charge in [-0.1, -0.05) is 11.6 Å². The number of carbonyl (C=O) groups excluding carboxylic acids is 1. The average Bonchev–Trinajstić information content (AvgIpc) is 3.04. The van der Waals surface area contributed by atoms with Crippen molar-refractivity contribution in [2.45, 2.75) is 58.9 Å². The lowest BCUT2D eigenvalue weighted by atomic mass is 9.97. The van der Waals surface area contributed by atoms with Gasteiger partial charge in [0.05, 0.1) is 18.3 Å². The number of aliphatic imine (C=N–C) groups is 1. The molecular formula is C19H31IN4O2S. The number of thiazole rings is 1. The molecule has 1 atom stereocenters. The predicted octanol–water partition coefficient (Wildman–Crippen LogP) is 4.36. The number of esters is 1. The lowest BCUT2D eigenvalue weighted by molar-refractivity contribution is 0.0531. The van der Waals surface area contributed by atoms with Crippen molar-refractivity contribution >= 4 is 47.2 Å². The second-order valence-electron chi connectivity index (χ2n) is 6.41. The third-order valence-electron chi connectivity index (χ3n) is 4.34. The molecule has 1 aliphatic carbocycles. The molecule has 1 aromatic rings. The topological polar surface area (TPSA) is 75.6 Å². The standard InChI is InChI=1S/C19H30N4O2S.HI/c1-5-25-18(24)16-13(2)22-17(26-16)14(3)23-19(20-4)21-12-11-15-9-7-6-8-10-15;/h9,14H,5-8,10-12H2,1-4H3,(H2,20,21,23);1H. The smallest absolute Gasteiger partial charge is 0.350 e. The molecule has 1 aliphatic rings. The van der Waals surface area contributed by atoms with Gasteiger partial charge in [-0.15, -0.1) is 35.3 Å². The highest BCUT2D eigenvalue weighted by Gasteiger charge is 2.20. The van der Waals surface area contributed by atoms with Gasteiger partial charge >= 0.3 is 5.97 Å². The van der Waals surface area contributed by atoms with Crippen LogP contribution in [0, 0.1) is 6.92 Å². The number of hydrogen-bond acceptors (Lipinski definition) is 5. The van der Waals surface area contributed by atoms with Gasteiger partial charge in [0.15, 0.2) is 5.96 Å². The Labute approximate surface area is 183 Å². The lowest BCUT2D eigenvalue weighted by Gasteiger charge is -2.17. The van der Waals surface area contributed by atoms with Crippen LogP contribution in [0.4, 0.5) is 0 Å². The first-order valence-corrected chi connectivity index (χ1v) is 10.2. The van der Waals surface area contributed by atoms with E-state index in [1.54, 1.807) is 19.5 Å². The van der Waals surface area contributed by atoms with E-state index in [0.717, 1.165) is 23.9 Å². The Morgan fingerprint density at radius 3 is 2.85 bits per heavy atom. The molecule has 0 spiro atoms. The van der Waals surface area contributed by atoms with Crippen molar-refractivity contribution in [2.24, 2.45) is 4.99 Å². The molecule has 1 aromatic heterocycles. The summed E-state index contributed by atoms with van der Waals surface area (Å²) in [5.41, 5.74) is 2.26. The SMILES string of the molecule is CCOC(=O)c1sc(C(C)NC(=NC)NCCC2=CCCCC2)nc1C.I. The summed E-state index contributed by atoms with van der Waals surface area (Å²) in [4.78, 5) is 21.3. The third-order valence-corrected chi connectivity index (χ3v) is 5.66. The van der Waals surface area contributed by atoms with Gasteiger partial charge in [-0.25, -0.2) is 9.78 Å². The van der Waals surface area contributed by atoms with Crippen molar-refractivity contribution in [3.8, 4) is 0 Å². The van der Waals surface area contributed by atoms with Gasteiger partial charge in [0.1, 0.15) is 9.88 Å². The molecule has 2 N–H and O–H groups in total. The Bertz CT molecular complexity index is 673. The molecular weight excluding hydrogens is 475 g/mol. The molecule has 0 saturated carbocycles. The van der Waals surface area contributed by atoms with E-state index in [-0.39, 0.29) is 36.0 Å². The molecule has 152 valence electrons. The van der Waals surface area contributed by atoms with Crippen molar-refractivity contribution in [2.75, 3.05) is 20.2 Å². The van der Waals surface area contributed by atoms with E-state index in [1.807, 2.05) is 13.8 Å². The van der Waals surface area contributed by atoms with E-state index in [0.29, 0.717) is 17.2 Å². The zero-order valence-electron chi connectivity index (χ0n) is 16.6. The van der Waals surface area contributed by atoms with E-state index in [9.17, 15) is 4.79 Å². The molecule has 0 aliphatic heterocycles. The minimum absolute atomic E-state index is 0. The number of rotatable bonds is 7. The fourth-order valence-electron chi connectivity index (χ4n) is 2.92. The summed E-state index contributed by atoms with van der Waals surface area (Å²) in [7, 11) is 1.76. The second-order valence-corrected chi connectivity index (χ2v) is 7.44. The Morgan fingerprint density at radius 1 is 1.44 bits per heavy atom. The molecule has 0 fully saturated rings. The lowest BCUT2D eigenvalue weighted by Crippen LogP contribution is -2.39. The normalized spacial score (nSPS) is 15.4. The molecule has 1 heterocycles. The maximum Gasteiger partial charge on any atom is 0.350 e. The van der Waals surface area contributed by atoms with Crippen LogP contribution in [0.2, 0.25) is 0 Å². The van der Waals surface area contributed by atoms with Crippen molar-refractivity contribution in [1.29, 1.82) is 0 Å². The van der Waals surface area contributed by atoms with Gasteiger partial charge in [0.2, 0.25) is 0 Å². The number of guanidine groups is 1. The van der Waals surface area contributed by atoms with Crippen LogP contribution in [-0.2, 0) is 4.74 Å². The minimum atomic E-state index is -0.302. The van der Waals surface area contributed by atoms with Crippen molar-refractivity contribution < 1.29 is 9.53 Å². The number of ether oxygens (including phenoxy) is 1. The fraction of sp³-hybridized carbons (Fsp3) is 0.632. The number of aryl methyl sites for hydroxylation is 1. The molecule has 8 heteroatoms. The summed E-state index contributed by atoms with van der Waals surface area (Å²) in [5, 5.41) is 7.56. The van der Waals surface area contributed by atoms with Gasteiger partial charge in [0, 0.05) is 13.6 Å². The van der Waals surface area contributed by atoms with E-state index in [1.165, 1.54) is 37.0 Å². The van der Waals surface area contributed by atoms with Crippen LogP contribution in [0.5, 0.6) is 0 Å². The Hall–Kier alpha value is -1.16. The summed E-state index contributed by atoms with van der Waals surface area (Å²) in [6, 6.07) is -0.0398. The Balaban J connectivity index is 0.00000364. The van der Waals surface area contributed by atoms with Crippen LogP contribution in [0.1, 0.15) is 72.4 Å². The van der Waals surface area contributed by atoms with Gasteiger partial charge in [-0.2, -0.15) is 0 Å². The monoisotopic (exact) mass is 506 g/mol. The van der Waals surface area contributed by atoms with Crippen LogP contribution >= 0.6 is 35.3 Å². The van der Waals surface area contributed by atoms with Crippen molar-refractivity contribution in [1.82, 2.24) is 15.6 Å². The Morgan fingerprint density at radius 2 is 2.22 bits per heavy atom. The van der Waals surface area contributed by atoms with E-state index < -0.39 is 0 Å². The molecule has 0 saturated heterocycles. The summed E-state index contributed by atoms with van der Waals surface area (Å²) in [6.45, 7) is 6.89. The number of nitrogens with zero attached hydrogens (tertiary/aromatic N) is 2. The van der Waals surface area contributed by atoms with Gasteiger partial charge < -0.3 is 15.4 Å². The second kappa shape index (κ2) is 12.3. The third kappa shape index (κ3) is 7.40. The van der Waals surface area contributed by atoms with Crippen molar-refractivity contribution in [3.63, 3.8) is 0 Å². The summed E-state index contributed by atoms with van der Waals surface area (Å²) >= 11 is 1.37. The summed E-state index contributed by atoms with van der Waals surface area (Å²) < 4.78 is 5.08. The van der Waals surface area contributed by atoms with E-state index >= 15 is 0 Å². The summed E-state index contributed by atoms with van der Waals surface area (Å²) in [5.74, 6) is 0.448. The maximum atomic E-state index is 12.0. The molecule has 1 unspecified atom stereocenters. The van der Waals surface area contributed by atoms with Gasteiger partial charge in [-0.05, 0) is 52.9 Å². The molecule has 27 heavy (non-hydrogen) atoms. The average molecular weight is 506 g/mol. The van der Waals surface area contributed by atoms with Crippen LogP contribution in [-0.4, -0.2) is 37.1 Å². The molecule has 0 bridgehead atoms. The number of hydrogen-bond donors (Lipinski definition) is 2. The molecule has 6 nitrogen and oxygen atoms in total. The minimum Gasteiger partial charge on any atom is -0.462 e. The maximum absolute atomic E-state index is 12.0. The molecule has 0 amide bonds. The highest BCUT2D eigenvalue weighted by Crippen LogP contribution is 2.24. The fourth-order valence-corrected chi connectivity index (χ4v) is 3.89. The largest absolute Gasteiger partial charge is 0.462 e. The quantitative estimate of drug-likeness (QED) is 0.189. The molecule has 0 aromatic carbocycles. The molecule has 2 rings (SSSR count). The first-order valence-electron chi connectivity index (χ1n) is 9.34. The van der Waals surface area contributed by atoms with Crippen LogP contribution in [0.3, 0.4) is 0 Å². The zero-order chi connectivity index (χ0) is 18.9. The van der Waals surface area contributed by atoms with Crippen LogP contribution in [0.25, 0.3) is 0 Å². The van der Waals surface area contributed by atoms with Gasteiger partial charge in [-0.3, -0.25) is 4.99 Å². The number of halogens is 1. The Kier molecular flexibility index (Phi) is 10.9. The number of aromatic nitrogens is 1. The van der Waals surface area contributed by atoms with Gasteiger partial charge in [0.25, 0.3) is 0 Å². The molecule has 0 radical (unpaired) electrons. The number of carbonyl (C=O) groups is 1. The first kappa shape index (κ1) is 23.9. The number of nitrogens with one attached hydrogen (secondary N) is 2. The van der Waals surface area contributed by atoms with Crippen LogP contribution in [0.15, 0.2) is 16.6 Å². The van der Waals surface area contributed by atoms with Crippen molar-refractivity contribution in [3.05, 3.63) is 27.2 Å². The summed E-state index contributed by atoms with van der Waals surface area (Å²) in [6.07, 6.45) is 8.49. The van der Waals surface area contributed by atoms with E-state index in [4.69, 9.17) is 4.74 Å². The predicted molar refractivity (Wildman–Crippen MR) is 122 cm³/mol. The highest BCUT2D eigenvalue weighted by molar-refractivity contribution is 14.0. The zero-order valence-corrected chi connectivity index (χ0v) is 19.8. The first-order chi connectivity index (χ1) is 12.5. The van der Waals surface area contributed by atoms with E-state index in [2.05, 4.69) is 26.7 Å². The van der Waals surface area contributed by atoms with Crippen LogP contribution < -0.4 is 10.6 Å². The highest BCUT2D eigenvalue weighted by atomic mass is 127.